The van der Waals surface area contributed by atoms with Crippen LogP contribution in [0.25, 0.3) is 0 Å². The molecule has 0 amide bonds. The van der Waals surface area contributed by atoms with Crippen molar-refractivity contribution >= 4 is 0 Å². The second kappa shape index (κ2) is 9.15. The molecular formula is C12H26N2O9. The Labute approximate surface area is 132 Å². The van der Waals surface area contributed by atoms with E-state index in [0.717, 1.165) is 0 Å². The molecule has 9 atom stereocenters. The highest BCUT2D eigenvalue weighted by Crippen LogP contribution is 2.24. The fraction of sp³-hybridized carbons (Fsp3) is 1.00. The Morgan fingerprint density at radius 3 is 2.09 bits per heavy atom. The summed E-state index contributed by atoms with van der Waals surface area (Å²) in [6.45, 7) is -1.65. The van der Waals surface area contributed by atoms with E-state index in [0.29, 0.717) is 0 Å². The first kappa shape index (κ1) is 20.6. The Morgan fingerprint density at radius 2 is 1.61 bits per heavy atom. The van der Waals surface area contributed by atoms with Gasteiger partial charge >= 0.3 is 0 Å². The largest absolute Gasteiger partial charge is 0.394 e. The van der Waals surface area contributed by atoms with Crippen LogP contribution < -0.4 is 11.5 Å². The Bertz CT molecular complexity index is 348. The van der Waals surface area contributed by atoms with Crippen LogP contribution in [0, 0.1) is 0 Å². The molecule has 11 nitrogen and oxygen atoms in total. The van der Waals surface area contributed by atoms with E-state index in [1.807, 2.05) is 0 Å². The van der Waals surface area contributed by atoms with Crippen LogP contribution in [-0.4, -0.2) is 111 Å². The Morgan fingerprint density at radius 1 is 1.00 bits per heavy atom. The van der Waals surface area contributed by atoms with E-state index >= 15 is 0 Å². The maximum absolute atomic E-state index is 9.89. The fourth-order valence-electron chi connectivity index (χ4n) is 2.25. The highest BCUT2D eigenvalue weighted by atomic mass is 16.7. The van der Waals surface area contributed by atoms with Crippen molar-refractivity contribution in [1.82, 2.24) is 0 Å². The summed E-state index contributed by atoms with van der Waals surface area (Å²) in [5, 5.41) is 66.8. The third kappa shape index (κ3) is 4.78. The summed E-state index contributed by atoms with van der Waals surface area (Å²) < 4.78 is 10.4. The van der Waals surface area contributed by atoms with Gasteiger partial charge in [-0.2, -0.15) is 0 Å². The van der Waals surface area contributed by atoms with Crippen LogP contribution in [0.2, 0.25) is 0 Å². The van der Waals surface area contributed by atoms with Crippen LogP contribution in [0.1, 0.15) is 0 Å². The molecule has 0 aliphatic carbocycles. The molecule has 0 bridgehead atoms. The van der Waals surface area contributed by atoms with Crippen molar-refractivity contribution in [3.63, 3.8) is 0 Å². The smallest absolute Gasteiger partial charge is 0.187 e. The zero-order chi connectivity index (χ0) is 17.7. The van der Waals surface area contributed by atoms with Gasteiger partial charge in [-0.25, -0.2) is 0 Å². The summed E-state index contributed by atoms with van der Waals surface area (Å²) in [5.74, 6) is 0. The van der Waals surface area contributed by atoms with Crippen LogP contribution in [-0.2, 0) is 9.47 Å². The average molecular weight is 342 g/mol. The van der Waals surface area contributed by atoms with Gasteiger partial charge in [-0.1, -0.05) is 0 Å². The molecule has 138 valence electrons. The van der Waals surface area contributed by atoms with E-state index in [9.17, 15) is 25.5 Å². The average Bonchev–Trinajstić information content (AvgIpc) is 2.57. The molecule has 0 saturated carbocycles. The second-order valence-corrected chi connectivity index (χ2v) is 5.43. The molecule has 0 aromatic heterocycles. The lowest BCUT2D eigenvalue weighted by molar-refractivity contribution is -0.319. The molecular weight excluding hydrogens is 316 g/mol. The molecule has 1 aliphatic heterocycles. The van der Waals surface area contributed by atoms with E-state index in [1.54, 1.807) is 0 Å². The molecule has 11 heteroatoms. The van der Waals surface area contributed by atoms with Gasteiger partial charge in [0.2, 0.25) is 0 Å². The van der Waals surface area contributed by atoms with Crippen molar-refractivity contribution in [3.8, 4) is 0 Å². The van der Waals surface area contributed by atoms with Crippen LogP contribution in [0.15, 0.2) is 0 Å². The van der Waals surface area contributed by atoms with Crippen LogP contribution in [0.4, 0.5) is 0 Å². The van der Waals surface area contributed by atoms with Gasteiger partial charge in [-0.15, -0.1) is 0 Å². The highest BCUT2D eigenvalue weighted by molar-refractivity contribution is 4.92. The number of hydrogen-bond acceptors (Lipinski definition) is 11. The minimum absolute atomic E-state index is 0.298. The maximum Gasteiger partial charge on any atom is 0.187 e. The van der Waals surface area contributed by atoms with Crippen molar-refractivity contribution in [2.24, 2.45) is 11.5 Å². The van der Waals surface area contributed by atoms with Gasteiger partial charge in [0, 0.05) is 6.54 Å². The molecule has 1 heterocycles. The third-order valence-electron chi connectivity index (χ3n) is 3.77. The predicted octanol–water partition coefficient (Wildman–Crippen LogP) is -5.83. The fourth-order valence-corrected chi connectivity index (χ4v) is 2.25. The molecule has 0 spiro atoms. The summed E-state index contributed by atoms with van der Waals surface area (Å²) in [6.07, 6.45) is -11.8. The van der Waals surface area contributed by atoms with E-state index in [2.05, 4.69) is 0 Å². The molecule has 0 aromatic rings. The summed E-state index contributed by atoms with van der Waals surface area (Å²) >= 11 is 0. The summed E-state index contributed by atoms with van der Waals surface area (Å²) in [4.78, 5) is 0. The number of hydrogen-bond donors (Lipinski definition) is 9. The number of rotatable bonds is 8. The standard InChI is InChI=1S/C12H26N2O9/c13-1-4(17)11(7(14)5(18)2-15)23-12-10(21)9(20)8(19)6(3-16)22-12/h4-12,15-21H,1-3,13-14H2/t4-,5+,6-,7+,8+,9-,10-,11+,12+/m0/s1. The monoisotopic (exact) mass is 342 g/mol. The molecule has 0 unspecified atom stereocenters. The van der Waals surface area contributed by atoms with Crippen LogP contribution in [0.5, 0.6) is 0 Å². The number of nitrogens with two attached hydrogens (primary N) is 2. The lowest BCUT2D eigenvalue weighted by Gasteiger charge is -2.42. The van der Waals surface area contributed by atoms with Crippen molar-refractivity contribution in [1.29, 1.82) is 0 Å². The molecule has 23 heavy (non-hydrogen) atoms. The predicted molar refractivity (Wildman–Crippen MR) is 74.8 cm³/mol. The second-order valence-electron chi connectivity index (χ2n) is 5.43. The van der Waals surface area contributed by atoms with Gasteiger partial charge in [-0.05, 0) is 0 Å². The zero-order valence-corrected chi connectivity index (χ0v) is 12.4. The summed E-state index contributed by atoms with van der Waals surface area (Å²) in [5.41, 5.74) is 11.0. The van der Waals surface area contributed by atoms with Crippen molar-refractivity contribution in [2.75, 3.05) is 19.8 Å². The van der Waals surface area contributed by atoms with E-state index < -0.39 is 68.3 Å². The van der Waals surface area contributed by atoms with Gasteiger partial charge in [0.15, 0.2) is 6.29 Å². The molecule has 0 radical (unpaired) electrons. The Balaban J connectivity index is 2.89. The van der Waals surface area contributed by atoms with Crippen LogP contribution in [0.3, 0.4) is 0 Å². The molecule has 0 aromatic carbocycles. The Kier molecular flexibility index (Phi) is 8.20. The molecule has 1 rings (SSSR count). The topological polar surface area (TPSA) is 212 Å². The van der Waals surface area contributed by atoms with Gasteiger partial charge < -0.3 is 56.7 Å². The van der Waals surface area contributed by atoms with Gasteiger partial charge in [0.25, 0.3) is 0 Å². The SMILES string of the molecule is NC[C@H](O)[C@@H](O[C@H]1O[C@@H](CO)[C@@H](O)[C@H](O)[C@@H]1O)[C@H](N)[C@H](O)CO. The third-order valence-corrected chi connectivity index (χ3v) is 3.77. The number of aliphatic hydroxyl groups excluding tert-OH is 7. The molecule has 1 saturated heterocycles. The van der Waals surface area contributed by atoms with Gasteiger partial charge in [0.1, 0.15) is 30.5 Å². The first-order valence-electron chi connectivity index (χ1n) is 7.17. The first-order valence-corrected chi connectivity index (χ1v) is 7.17. The van der Waals surface area contributed by atoms with E-state index in [4.69, 9.17) is 31.2 Å². The van der Waals surface area contributed by atoms with Crippen molar-refractivity contribution < 1.29 is 45.2 Å². The lowest BCUT2D eigenvalue weighted by Crippen LogP contribution is -2.62. The maximum atomic E-state index is 9.89. The normalized spacial score (nSPS) is 37.2. The Hall–Kier alpha value is -0.440. The lowest BCUT2D eigenvalue weighted by atomic mass is 9.98. The first-order chi connectivity index (χ1) is 10.8. The minimum Gasteiger partial charge on any atom is -0.394 e. The van der Waals surface area contributed by atoms with Crippen molar-refractivity contribution in [3.05, 3.63) is 0 Å². The van der Waals surface area contributed by atoms with Gasteiger partial charge in [-0.3, -0.25) is 0 Å². The highest BCUT2D eigenvalue weighted by Gasteiger charge is 2.46. The number of ether oxygens (including phenoxy) is 2. The van der Waals surface area contributed by atoms with E-state index in [1.165, 1.54) is 0 Å². The van der Waals surface area contributed by atoms with Gasteiger partial charge in [0.05, 0.1) is 31.5 Å². The quantitative estimate of drug-likeness (QED) is 0.202. The molecule has 11 N–H and O–H groups in total. The molecule has 1 fully saturated rings. The van der Waals surface area contributed by atoms with E-state index in [-0.39, 0.29) is 6.54 Å². The van der Waals surface area contributed by atoms with Crippen LogP contribution >= 0.6 is 0 Å². The summed E-state index contributed by atoms with van der Waals surface area (Å²) in [6, 6.07) is -1.27. The minimum atomic E-state index is -1.70. The summed E-state index contributed by atoms with van der Waals surface area (Å²) in [7, 11) is 0. The number of aliphatic hydroxyl groups is 7. The van der Waals surface area contributed by atoms with Crippen molar-refractivity contribution in [2.45, 2.75) is 55.1 Å². The zero-order valence-electron chi connectivity index (χ0n) is 12.4. The molecule has 1 aliphatic rings.